The molecule has 1 aromatic heterocycles. The van der Waals surface area contributed by atoms with Crippen molar-refractivity contribution in [3.63, 3.8) is 0 Å². The number of carboxylic acids is 1. The Hall–Kier alpha value is -2.25. The first-order valence-corrected chi connectivity index (χ1v) is 7.88. The fourth-order valence-electron chi connectivity index (χ4n) is 1.86. The molecule has 2 rings (SSSR count). The highest BCUT2D eigenvalue weighted by molar-refractivity contribution is 7.98. The van der Waals surface area contributed by atoms with E-state index in [-0.39, 0.29) is 12.3 Å². The van der Waals surface area contributed by atoms with E-state index >= 15 is 0 Å². The predicted octanol–water partition coefficient (Wildman–Crippen LogP) is 2.40. The Morgan fingerprint density at radius 2 is 2.04 bits per heavy atom. The molecule has 7 heteroatoms. The Bertz CT molecular complexity index is 656. The van der Waals surface area contributed by atoms with Crippen LogP contribution in [-0.2, 0) is 15.3 Å². The second-order valence-electron chi connectivity index (χ2n) is 4.65. The van der Waals surface area contributed by atoms with Crippen LogP contribution in [0.5, 0.6) is 0 Å². The zero-order valence-corrected chi connectivity index (χ0v) is 13.3. The topological polar surface area (TPSA) is 88.8 Å². The lowest BCUT2D eigenvalue weighted by atomic mass is 10.2. The summed E-state index contributed by atoms with van der Waals surface area (Å²) >= 11 is 1.58. The van der Waals surface area contributed by atoms with Crippen molar-refractivity contribution >= 4 is 23.6 Å². The summed E-state index contributed by atoms with van der Waals surface area (Å²) in [6.45, 7) is -0.128. The van der Waals surface area contributed by atoms with Crippen LogP contribution in [0.25, 0.3) is 0 Å². The van der Waals surface area contributed by atoms with E-state index in [9.17, 15) is 9.59 Å². The number of aliphatic carboxylic acids is 1. The maximum absolute atomic E-state index is 12.1. The summed E-state index contributed by atoms with van der Waals surface area (Å²) in [6.07, 6.45) is 0.358. The monoisotopic (exact) mass is 335 g/mol. The van der Waals surface area contributed by atoms with Gasteiger partial charge in [-0.15, -0.1) is 11.8 Å². The summed E-state index contributed by atoms with van der Waals surface area (Å²) in [7, 11) is 1.28. The molecule has 1 aromatic carbocycles. The van der Waals surface area contributed by atoms with Crippen LogP contribution < -0.4 is 5.32 Å². The van der Waals surface area contributed by atoms with Crippen LogP contribution in [0.3, 0.4) is 0 Å². The predicted molar refractivity (Wildman–Crippen MR) is 85.5 cm³/mol. The lowest BCUT2D eigenvalue weighted by molar-refractivity contribution is -0.148. The van der Waals surface area contributed by atoms with Crippen molar-refractivity contribution in [2.24, 2.45) is 0 Å². The number of benzene rings is 1. The summed E-state index contributed by atoms with van der Waals surface area (Å²) in [5, 5.41) is 11.4. The number of carbonyl (C=O) groups excluding carboxylic acids is 1. The molecule has 23 heavy (non-hydrogen) atoms. The quantitative estimate of drug-likeness (QED) is 0.720. The molecule has 0 radical (unpaired) electrons. The van der Waals surface area contributed by atoms with Crippen LogP contribution in [0.15, 0.2) is 52.0 Å². The second-order valence-corrected chi connectivity index (χ2v) is 5.70. The fourth-order valence-corrected chi connectivity index (χ4v) is 2.76. The molecule has 2 aromatic rings. The molecule has 2 N–H and O–H groups in total. The van der Waals surface area contributed by atoms with Crippen molar-refractivity contribution in [2.45, 2.75) is 16.8 Å². The minimum atomic E-state index is -1.13. The van der Waals surface area contributed by atoms with Gasteiger partial charge in [0.05, 0.1) is 12.8 Å². The van der Waals surface area contributed by atoms with Gasteiger partial charge in [-0.05, 0) is 18.2 Å². The molecule has 0 aliphatic rings. The van der Waals surface area contributed by atoms with Crippen molar-refractivity contribution in [3.05, 3.63) is 54.0 Å². The van der Waals surface area contributed by atoms with E-state index in [1.165, 1.54) is 13.4 Å². The van der Waals surface area contributed by atoms with Crippen LogP contribution in [-0.4, -0.2) is 36.7 Å². The molecule has 0 spiro atoms. The van der Waals surface area contributed by atoms with Gasteiger partial charge in [-0.25, -0.2) is 4.79 Å². The molecule has 0 aliphatic heterocycles. The zero-order valence-electron chi connectivity index (χ0n) is 12.5. The molecule has 122 valence electrons. The number of carbonyl (C=O) groups is 2. The minimum Gasteiger partial charge on any atom is -0.479 e. The third kappa shape index (κ3) is 4.87. The van der Waals surface area contributed by atoms with Crippen molar-refractivity contribution in [2.75, 3.05) is 13.7 Å². The lowest BCUT2D eigenvalue weighted by Crippen LogP contribution is -2.37. The summed E-state index contributed by atoms with van der Waals surface area (Å²) < 4.78 is 9.99. The molecule has 6 nitrogen and oxygen atoms in total. The largest absolute Gasteiger partial charge is 0.479 e. The van der Waals surface area contributed by atoms with E-state index in [0.29, 0.717) is 5.75 Å². The lowest BCUT2D eigenvalue weighted by Gasteiger charge is -2.11. The van der Waals surface area contributed by atoms with Gasteiger partial charge in [-0.1, -0.05) is 18.2 Å². The molecular weight excluding hydrogens is 318 g/mol. The molecule has 0 saturated carbocycles. The zero-order chi connectivity index (χ0) is 16.7. The van der Waals surface area contributed by atoms with Crippen molar-refractivity contribution < 1.29 is 23.8 Å². The highest BCUT2D eigenvalue weighted by Gasteiger charge is 2.20. The fraction of sp³-hybridized carbons (Fsp3) is 0.250. The summed E-state index contributed by atoms with van der Waals surface area (Å²) in [4.78, 5) is 24.1. The molecule has 0 saturated heterocycles. The van der Waals surface area contributed by atoms with Crippen LogP contribution >= 0.6 is 11.8 Å². The summed E-state index contributed by atoms with van der Waals surface area (Å²) in [5.41, 5.74) is 0.751. The number of rotatable bonds is 8. The number of amides is 1. The van der Waals surface area contributed by atoms with Gasteiger partial charge in [0.2, 0.25) is 0 Å². The van der Waals surface area contributed by atoms with E-state index < -0.39 is 18.0 Å². The Balaban J connectivity index is 1.94. The Morgan fingerprint density at radius 1 is 1.30 bits per heavy atom. The molecular formula is C16H17NO5S. The van der Waals surface area contributed by atoms with E-state index in [2.05, 4.69) is 5.32 Å². The molecule has 0 bridgehead atoms. The van der Waals surface area contributed by atoms with Crippen LogP contribution in [0, 0.1) is 0 Å². The smallest absolute Gasteiger partial charge is 0.334 e. The van der Waals surface area contributed by atoms with Gasteiger partial charge in [-0.2, -0.15) is 0 Å². The molecule has 1 atom stereocenters. The number of thioether (sulfide) groups is 1. The maximum Gasteiger partial charge on any atom is 0.334 e. The van der Waals surface area contributed by atoms with Gasteiger partial charge >= 0.3 is 5.97 Å². The molecule has 1 heterocycles. The van der Waals surface area contributed by atoms with Crippen molar-refractivity contribution in [1.29, 1.82) is 0 Å². The van der Waals surface area contributed by atoms with Crippen LogP contribution in [0.2, 0.25) is 0 Å². The first kappa shape index (κ1) is 17.1. The van der Waals surface area contributed by atoms with Crippen LogP contribution in [0.1, 0.15) is 16.1 Å². The van der Waals surface area contributed by atoms with Crippen molar-refractivity contribution in [1.82, 2.24) is 5.32 Å². The number of nitrogens with one attached hydrogen (secondary N) is 1. The summed E-state index contributed by atoms with van der Waals surface area (Å²) in [5.74, 6) is -0.821. The second kappa shape index (κ2) is 8.40. The first-order chi connectivity index (χ1) is 11.1. The van der Waals surface area contributed by atoms with E-state index in [1.807, 2.05) is 30.3 Å². The number of hydrogen-bond acceptors (Lipinski definition) is 5. The van der Waals surface area contributed by atoms with E-state index in [1.54, 1.807) is 17.8 Å². The van der Waals surface area contributed by atoms with Crippen molar-refractivity contribution in [3.8, 4) is 0 Å². The SMILES string of the molecule is COC(CNC(=O)c1occc1CSc1ccccc1)C(=O)O. The third-order valence-electron chi connectivity index (χ3n) is 3.10. The van der Waals surface area contributed by atoms with E-state index in [0.717, 1.165) is 10.5 Å². The number of hydrogen-bond donors (Lipinski definition) is 2. The van der Waals surface area contributed by atoms with Gasteiger partial charge in [0.1, 0.15) is 0 Å². The highest BCUT2D eigenvalue weighted by Crippen LogP contribution is 2.24. The standard InChI is InChI=1S/C16H17NO5S/c1-21-13(16(19)20)9-17-15(18)14-11(7-8-22-14)10-23-12-5-3-2-4-6-12/h2-8,13H,9-10H2,1H3,(H,17,18)(H,19,20). The molecule has 1 amide bonds. The maximum atomic E-state index is 12.1. The normalized spacial score (nSPS) is 11.9. The third-order valence-corrected chi connectivity index (χ3v) is 4.16. The number of furan rings is 1. The Morgan fingerprint density at radius 3 is 2.70 bits per heavy atom. The number of ether oxygens (including phenoxy) is 1. The van der Waals surface area contributed by atoms with Gasteiger partial charge in [0.15, 0.2) is 11.9 Å². The number of carboxylic acid groups (broad SMARTS) is 1. The molecule has 0 fully saturated rings. The highest BCUT2D eigenvalue weighted by atomic mass is 32.2. The first-order valence-electron chi connectivity index (χ1n) is 6.90. The molecule has 1 unspecified atom stereocenters. The minimum absolute atomic E-state index is 0.128. The Labute approximate surface area is 137 Å². The van der Waals surface area contributed by atoms with E-state index in [4.69, 9.17) is 14.3 Å². The van der Waals surface area contributed by atoms with Gasteiger partial charge < -0.3 is 19.6 Å². The summed E-state index contributed by atoms with van der Waals surface area (Å²) in [6, 6.07) is 11.5. The Kier molecular flexibility index (Phi) is 6.25. The molecule has 0 aliphatic carbocycles. The van der Waals surface area contributed by atoms with Gasteiger partial charge in [-0.3, -0.25) is 4.79 Å². The average molecular weight is 335 g/mol. The van der Waals surface area contributed by atoms with Crippen LogP contribution in [0.4, 0.5) is 0 Å². The van der Waals surface area contributed by atoms with Gasteiger partial charge in [0.25, 0.3) is 5.91 Å². The van der Waals surface area contributed by atoms with Gasteiger partial charge in [0, 0.05) is 23.3 Å². The number of methoxy groups -OCH3 is 1. The average Bonchev–Trinajstić information content (AvgIpc) is 3.02.